The highest BCUT2D eigenvalue weighted by Gasteiger charge is 2.58. The number of nitrogens with one attached hydrogen (secondary N) is 1. The van der Waals surface area contributed by atoms with Crippen LogP contribution in [0.5, 0.6) is 0 Å². The first kappa shape index (κ1) is 20.8. The molecule has 7 rings (SSSR count). The summed E-state index contributed by atoms with van der Waals surface area (Å²) in [5.74, 6) is -1.20. The molecule has 1 saturated heterocycles. The lowest BCUT2D eigenvalue weighted by atomic mass is 9.63. The number of anilines is 1. The summed E-state index contributed by atoms with van der Waals surface area (Å²) in [7, 11) is 0. The second kappa shape index (κ2) is 8.24. The van der Waals surface area contributed by atoms with E-state index in [-0.39, 0.29) is 47.8 Å². The molecule has 1 saturated carbocycles. The third-order valence-electron chi connectivity index (χ3n) is 7.73. The Balaban J connectivity index is 1.36. The van der Waals surface area contributed by atoms with E-state index in [0.29, 0.717) is 5.69 Å². The Labute approximate surface area is 198 Å². The minimum Gasteiger partial charge on any atom is -0.324 e. The Hall–Kier alpha value is -3.73. The SMILES string of the molecule is O=C(Nc1cccc2ccccc12)[C@H](Cc1ccccc1)N1C(=O)[C@@H]2[C@H](C1=O)[C@H]1C=C[C@H]2CC1. The average molecular weight is 451 g/mol. The van der Waals surface area contributed by atoms with Crippen LogP contribution in [-0.4, -0.2) is 28.7 Å². The third kappa shape index (κ3) is 3.35. The standard InChI is InChI=1S/C29H26N2O3/c32-27(30-23-12-6-10-19-9-4-5-11-22(19)23)24(17-18-7-2-1-3-8-18)31-28(33)25-20-13-14-21(16-15-20)26(25)29(31)34/h1-14,20-21,24-26H,15-17H2,(H,30,32)/t20-,21-,24-,25-,26+/m0/s1. The second-order valence-corrected chi connectivity index (χ2v) is 9.61. The minimum atomic E-state index is -0.897. The molecule has 5 heteroatoms. The molecule has 0 aromatic heterocycles. The summed E-state index contributed by atoms with van der Waals surface area (Å²) in [6, 6.07) is 22.3. The van der Waals surface area contributed by atoms with Crippen molar-refractivity contribution in [2.24, 2.45) is 23.7 Å². The third-order valence-corrected chi connectivity index (χ3v) is 7.73. The summed E-state index contributed by atoms with van der Waals surface area (Å²) in [6.45, 7) is 0. The van der Waals surface area contributed by atoms with E-state index >= 15 is 0 Å². The van der Waals surface area contributed by atoms with Gasteiger partial charge in [0, 0.05) is 17.5 Å². The largest absolute Gasteiger partial charge is 0.324 e. The number of nitrogens with zero attached hydrogens (tertiary/aromatic N) is 1. The van der Waals surface area contributed by atoms with Gasteiger partial charge in [-0.05, 0) is 41.7 Å². The fraction of sp³-hybridized carbons (Fsp3) is 0.276. The van der Waals surface area contributed by atoms with E-state index in [9.17, 15) is 14.4 Å². The molecule has 5 atom stereocenters. The summed E-state index contributed by atoms with van der Waals surface area (Å²) in [4.78, 5) is 42.3. The van der Waals surface area contributed by atoms with Crippen molar-refractivity contribution in [3.05, 3.63) is 90.5 Å². The first-order valence-electron chi connectivity index (χ1n) is 12.0. The number of likely N-dealkylation sites (tertiary alicyclic amines) is 1. The van der Waals surface area contributed by atoms with Gasteiger partial charge in [-0.1, -0.05) is 78.9 Å². The fourth-order valence-electron chi connectivity index (χ4n) is 6.09. The Morgan fingerprint density at radius 2 is 1.44 bits per heavy atom. The molecular formula is C29H26N2O3. The Morgan fingerprint density at radius 3 is 2.12 bits per heavy atom. The predicted octanol–water partition coefficient (Wildman–Crippen LogP) is 4.59. The van der Waals surface area contributed by atoms with Gasteiger partial charge in [0.2, 0.25) is 17.7 Å². The smallest absolute Gasteiger partial charge is 0.248 e. The normalized spacial score (nSPS) is 26.1. The van der Waals surface area contributed by atoms with E-state index in [1.807, 2.05) is 72.8 Å². The highest BCUT2D eigenvalue weighted by Crippen LogP contribution is 2.50. The average Bonchev–Trinajstić information content (AvgIpc) is 3.16. The van der Waals surface area contributed by atoms with Gasteiger partial charge in [0.15, 0.2) is 0 Å². The van der Waals surface area contributed by atoms with E-state index in [1.54, 1.807) is 0 Å². The van der Waals surface area contributed by atoms with Crippen LogP contribution in [0.2, 0.25) is 0 Å². The highest BCUT2D eigenvalue weighted by molar-refractivity contribution is 6.12. The summed E-state index contributed by atoms with van der Waals surface area (Å²) in [5, 5.41) is 4.98. The van der Waals surface area contributed by atoms with Crippen LogP contribution >= 0.6 is 0 Å². The van der Waals surface area contributed by atoms with Crippen molar-refractivity contribution in [2.75, 3.05) is 5.32 Å². The summed E-state index contributed by atoms with van der Waals surface area (Å²) < 4.78 is 0. The molecule has 0 unspecified atom stereocenters. The zero-order valence-electron chi connectivity index (χ0n) is 18.8. The number of hydrogen-bond acceptors (Lipinski definition) is 3. The summed E-state index contributed by atoms with van der Waals surface area (Å²) in [6.07, 6.45) is 6.36. The van der Waals surface area contributed by atoms with Gasteiger partial charge in [-0.25, -0.2) is 0 Å². The zero-order chi connectivity index (χ0) is 23.2. The minimum absolute atomic E-state index is 0.0925. The van der Waals surface area contributed by atoms with Gasteiger partial charge in [-0.15, -0.1) is 0 Å². The Morgan fingerprint density at radius 1 is 0.824 bits per heavy atom. The van der Waals surface area contributed by atoms with Crippen LogP contribution in [0.25, 0.3) is 10.8 Å². The lowest BCUT2D eigenvalue weighted by Crippen LogP contribution is -2.49. The van der Waals surface area contributed by atoms with Crippen LogP contribution in [-0.2, 0) is 20.8 Å². The van der Waals surface area contributed by atoms with Gasteiger partial charge in [-0.2, -0.15) is 0 Å². The fourth-order valence-corrected chi connectivity index (χ4v) is 6.09. The summed E-state index contributed by atoms with van der Waals surface area (Å²) >= 11 is 0. The van der Waals surface area contributed by atoms with Crippen LogP contribution in [0.15, 0.2) is 84.9 Å². The van der Waals surface area contributed by atoms with Crippen molar-refractivity contribution in [1.82, 2.24) is 4.90 Å². The van der Waals surface area contributed by atoms with Crippen LogP contribution in [0.4, 0.5) is 5.69 Å². The maximum absolute atomic E-state index is 13.8. The monoisotopic (exact) mass is 450 g/mol. The van der Waals surface area contributed by atoms with Crippen LogP contribution in [0, 0.1) is 23.7 Å². The number of benzene rings is 3. The lowest BCUT2D eigenvalue weighted by Gasteiger charge is -2.38. The maximum atomic E-state index is 13.8. The molecule has 34 heavy (non-hydrogen) atoms. The molecule has 170 valence electrons. The van der Waals surface area contributed by atoms with Crippen LogP contribution < -0.4 is 5.32 Å². The molecule has 2 fully saturated rings. The number of rotatable bonds is 5. The maximum Gasteiger partial charge on any atom is 0.248 e. The molecule has 1 N–H and O–H groups in total. The van der Waals surface area contributed by atoms with Crippen molar-refractivity contribution in [2.45, 2.75) is 25.3 Å². The molecule has 4 aliphatic rings. The predicted molar refractivity (Wildman–Crippen MR) is 131 cm³/mol. The van der Waals surface area contributed by atoms with Gasteiger partial charge in [0.1, 0.15) is 6.04 Å². The lowest BCUT2D eigenvalue weighted by molar-refractivity contribution is -0.146. The number of amides is 3. The molecule has 3 aliphatic carbocycles. The van der Waals surface area contributed by atoms with E-state index in [0.717, 1.165) is 29.2 Å². The number of hydrogen-bond donors (Lipinski definition) is 1. The first-order valence-corrected chi connectivity index (χ1v) is 12.0. The van der Waals surface area contributed by atoms with Gasteiger partial charge >= 0.3 is 0 Å². The number of imide groups is 1. The molecule has 5 nitrogen and oxygen atoms in total. The van der Waals surface area contributed by atoms with Crippen molar-refractivity contribution in [3.8, 4) is 0 Å². The van der Waals surface area contributed by atoms with Crippen molar-refractivity contribution in [1.29, 1.82) is 0 Å². The molecule has 2 bridgehead atoms. The Bertz CT molecular complexity index is 1280. The van der Waals surface area contributed by atoms with Crippen LogP contribution in [0.3, 0.4) is 0 Å². The number of carbonyl (C=O) groups excluding carboxylic acids is 3. The number of fused-ring (bicyclic) bond motifs is 2. The van der Waals surface area contributed by atoms with Gasteiger partial charge < -0.3 is 5.32 Å². The zero-order valence-corrected chi connectivity index (χ0v) is 18.8. The van der Waals surface area contributed by atoms with E-state index < -0.39 is 6.04 Å². The number of carbonyl (C=O) groups is 3. The van der Waals surface area contributed by atoms with Gasteiger partial charge in [0.05, 0.1) is 11.8 Å². The molecule has 1 aliphatic heterocycles. The molecule has 0 spiro atoms. The first-order chi connectivity index (χ1) is 16.6. The molecule has 1 heterocycles. The van der Waals surface area contributed by atoms with Gasteiger partial charge in [0.25, 0.3) is 0 Å². The number of allylic oxidation sites excluding steroid dienone is 2. The van der Waals surface area contributed by atoms with Crippen molar-refractivity contribution >= 4 is 34.2 Å². The quantitative estimate of drug-likeness (QED) is 0.457. The molecular weight excluding hydrogens is 424 g/mol. The Kier molecular flexibility index (Phi) is 5.05. The van der Waals surface area contributed by atoms with Crippen molar-refractivity contribution < 1.29 is 14.4 Å². The molecule has 3 aromatic rings. The second-order valence-electron chi connectivity index (χ2n) is 9.61. The highest BCUT2D eigenvalue weighted by atomic mass is 16.2. The summed E-state index contributed by atoms with van der Waals surface area (Å²) in [5.41, 5.74) is 1.59. The van der Waals surface area contributed by atoms with E-state index in [1.165, 1.54) is 4.90 Å². The molecule has 3 aromatic carbocycles. The van der Waals surface area contributed by atoms with Crippen molar-refractivity contribution in [3.63, 3.8) is 0 Å². The van der Waals surface area contributed by atoms with Crippen LogP contribution in [0.1, 0.15) is 18.4 Å². The van der Waals surface area contributed by atoms with E-state index in [2.05, 4.69) is 17.5 Å². The van der Waals surface area contributed by atoms with Gasteiger partial charge in [-0.3, -0.25) is 19.3 Å². The van der Waals surface area contributed by atoms with E-state index in [4.69, 9.17) is 0 Å². The topological polar surface area (TPSA) is 66.5 Å². The molecule has 3 amide bonds. The molecule has 0 radical (unpaired) electrons.